The molecule has 5 heteroatoms. The Bertz CT molecular complexity index is 469. The maximum atomic E-state index is 5.00. The lowest BCUT2D eigenvalue weighted by atomic mass is 10.2. The van der Waals surface area contributed by atoms with Gasteiger partial charge in [0.1, 0.15) is 0 Å². The maximum Gasteiger partial charge on any atom is 0.0948 e. The summed E-state index contributed by atoms with van der Waals surface area (Å²) in [6, 6.07) is 4.07. The summed E-state index contributed by atoms with van der Waals surface area (Å²) in [6.45, 7) is 3.32. The molecule has 1 N–H and O–H groups in total. The minimum Gasteiger partial charge on any atom is -0.383 e. The van der Waals surface area contributed by atoms with Gasteiger partial charge in [-0.1, -0.05) is 6.07 Å². The normalized spacial score (nSPS) is 10.8. The summed E-state index contributed by atoms with van der Waals surface area (Å²) in [4.78, 5) is 8.34. The highest BCUT2D eigenvalue weighted by atomic mass is 16.5. The van der Waals surface area contributed by atoms with Crippen LogP contribution in [0.2, 0.25) is 0 Å². The zero-order valence-corrected chi connectivity index (χ0v) is 11.2. The van der Waals surface area contributed by atoms with Gasteiger partial charge in [0, 0.05) is 45.3 Å². The number of hydrogen-bond acceptors (Lipinski definition) is 4. The fourth-order valence-corrected chi connectivity index (χ4v) is 1.88. The van der Waals surface area contributed by atoms with Crippen molar-refractivity contribution in [3.63, 3.8) is 0 Å². The van der Waals surface area contributed by atoms with Crippen LogP contribution in [0.15, 0.2) is 37.1 Å². The van der Waals surface area contributed by atoms with Crippen molar-refractivity contribution >= 4 is 0 Å². The van der Waals surface area contributed by atoms with Crippen molar-refractivity contribution in [3.8, 4) is 0 Å². The number of imidazole rings is 1. The van der Waals surface area contributed by atoms with E-state index in [1.807, 2.05) is 24.8 Å². The molecule has 0 amide bonds. The molecule has 0 fully saturated rings. The van der Waals surface area contributed by atoms with Crippen molar-refractivity contribution < 1.29 is 4.74 Å². The average molecular weight is 260 g/mol. The molecule has 102 valence electrons. The summed E-state index contributed by atoms with van der Waals surface area (Å²) in [5, 5.41) is 3.33. The van der Waals surface area contributed by atoms with E-state index in [1.54, 1.807) is 13.3 Å². The minimum absolute atomic E-state index is 0.726. The fourth-order valence-electron chi connectivity index (χ4n) is 1.88. The van der Waals surface area contributed by atoms with Crippen molar-refractivity contribution in [2.75, 3.05) is 20.3 Å². The van der Waals surface area contributed by atoms with Gasteiger partial charge in [0.05, 0.1) is 18.6 Å². The molecule has 19 heavy (non-hydrogen) atoms. The molecule has 0 bridgehead atoms. The Balaban J connectivity index is 1.82. The molecule has 5 nitrogen and oxygen atoms in total. The third kappa shape index (κ3) is 4.46. The number of aromatic nitrogens is 3. The van der Waals surface area contributed by atoms with E-state index in [0.717, 1.165) is 32.7 Å². The topological polar surface area (TPSA) is 52.0 Å². The predicted molar refractivity (Wildman–Crippen MR) is 73.8 cm³/mol. The monoisotopic (exact) mass is 260 g/mol. The molecule has 2 rings (SSSR count). The molecule has 2 aromatic heterocycles. The van der Waals surface area contributed by atoms with E-state index in [-0.39, 0.29) is 0 Å². The van der Waals surface area contributed by atoms with Crippen molar-refractivity contribution in [1.82, 2.24) is 19.9 Å². The number of nitrogens with one attached hydrogen (secondary N) is 1. The molecule has 0 saturated heterocycles. The molecule has 0 spiro atoms. The molecule has 0 atom stereocenters. The van der Waals surface area contributed by atoms with Crippen LogP contribution in [-0.4, -0.2) is 34.8 Å². The third-order valence-corrected chi connectivity index (χ3v) is 2.95. The first kappa shape index (κ1) is 13.7. The standard InChI is InChI=1S/C14H20N4O/c1-19-8-6-16-10-14-11-17-12-18(14)7-4-13-3-2-5-15-9-13/h2-3,5,9,11-12,16H,4,6-8,10H2,1H3. The van der Waals surface area contributed by atoms with Crippen molar-refractivity contribution in [2.45, 2.75) is 19.5 Å². The van der Waals surface area contributed by atoms with Gasteiger partial charge in [-0.05, 0) is 18.1 Å². The predicted octanol–water partition coefficient (Wildman–Crippen LogP) is 1.26. The summed E-state index contributed by atoms with van der Waals surface area (Å²) < 4.78 is 7.18. The van der Waals surface area contributed by atoms with Gasteiger partial charge in [0.25, 0.3) is 0 Å². The van der Waals surface area contributed by atoms with E-state index in [4.69, 9.17) is 4.74 Å². The minimum atomic E-state index is 0.726. The van der Waals surface area contributed by atoms with Crippen LogP contribution >= 0.6 is 0 Å². The van der Waals surface area contributed by atoms with E-state index < -0.39 is 0 Å². The Hall–Kier alpha value is -1.72. The number of methoxy groups -OCH3 is 1. The van der Waals surface area contributed by atoms with Crippen LogP contribution in [0.1, 0.15) is 11.3 Å². The lowest BCUT2D eigenvalue weighted by Gasteiger charge is -2.09. The van der Waals surface area contributed by atoms with E-state index in [1.165, 1.54) is 11.3 Å². The molecular formula is C14H20N4O. The molecular weight excluding hydrogens is 240 g/mol. The van der Waals surface area contributed by atoms with Crippen molar-refractivity contribution in [3.05, 3.63) is 48.3 Å². The van der Waals surface area contributed by atoms with Crippen LogP contribution in [-0.2, 0) is 24.2 Å². The number of pyridine rings is 1. The lowest BCUT2D eigenvalue weighted by Crippen LogP contribution is -2.20. The molecule has 0 radical (unpaired) electrons. The zero-order valence-electron chi connectivity index (χ0n) is 11.2. The van der Waals surface area contributed by atoms with Gasteiger partial charge in [-0.15, -0.1) is 0 Å². The van der Waals surface area contributed by atoms with Crippen LogP contribution in [0.25, 0.3) is 0 Å². The highest BCUT2D eigenvalue weighted by Crippen LogP contribution is 2.03. The van der Waals surface area contributed by atoms with E-state index >= 15 is 0 Å². The molecule has 0 aliphatic heterocycles. The quantitative estimate of drug-likeness (QED) is 0.726. The first-order valence-electron chi connectivity index (χ1n) is 6.47. The zero-order chi connectivity index (χ0) is 13.3. The third-order valence-electron chi connectivity index (χ3n) is 2.95. The maximum absolute atomic E-state index is 5.00. The highest BCUT2D eigenvalue weighted by molar-refractivity contribution is 5.09. The summed E-state index contributed by atoms with van der Waals surface area (Å²) in [5.41, 5.74) is 2.44. The summed E-state index contributed by atoms with van der Waals surface area (Å²) in [6.07, 6.45) is 8.46. The Morgan fingerprint density at radius 1 is 1.32 bits per heavy atom. The van der Waals surface area contributed by atoms with Gasteiger partial charge >= 0.3 is 0 Å². The first-order valence-corrected chi connectivity index (χ1v) is 6.47. The van der Waals surface area contributed by atoms with Gasteiger partial charge in [-0.3, -0.25) is 4.98 Å². The Kier molecular flexibility index (Phi) is 5.52. The van der Waals surface area contributed by atoms with Crippen molar-refractivity contribution in [2.24, 2.45) is 0 Å². The number of aryl methyl sites for hydroxylation is 2. The molecule has 2 heterocycles. The Morgan fingerprint density at radius 2 is 2.26 bits per heavy atom. The number of ether oxygens (including phenoxy) is 1. The average Bonchev–Trinajstić information content (AvgIpc) is 2.90. The van der Waals surface area contributed by atoms with Crippen molar-refractivity contribution in [1.29, 1.82) is 0 Å². The summed E-state index contributed by atoms with van der Waals surface area (Å²) >= 11 is 0. The van der Waals surface area contributed by atoms with Gasteiger partial charge in [-0.25, -0.2) is 4.98 Å². The van der Waals surface area contributed by atoms with Crippen LogP contribution in [0.4, 0.5) is 0 Å². The SMILES string of the molecule is COCCNCc1cncn1CCc1cccnc1. The van der Waals surface area contributed by atoms with Crippen LogP contribution < -0.4 is 5.32 Å². The highest BCUT2D eigenvalue weighted by Gasteiger charge is 2.02. The largest absolute Gasteiger partial charge is 0.383 e. The first-order chi connectivity index (χ1) is 9.40. The van der Waals surface area contributed by atoms with Crippen LogP contribution in [0.5, 0.6) is 0 Å². The van der Waals surface area contributed by atoms with E-state index in [2.05, 4.69) is 25.9 Å². The van der Waals surface area contributed by atoms with E-state index in [9.17, 15) is 0 Å². The molecule has 0 aliphatic rings. The second kappa shape index (κ2) is 7.66. The Labute approximate surface area is 113 Å². The summed E-state index contributed by atoms with van der Waals surface area (Å²) in [7, 11) is 1.71. The van der Waals surface area contributed by atoms with Gasteiger partial charge < -0.3 is 14.6 Å². The van der Waals surface area contributed by atoms with Gasteiger partial charge in [0.2, 0.25) is 0 Å². The van der Waals surface area contributed by atoms with E-state index in [0.29, 0.717) is 0 Å². The second-order valence-electron chi connectivity index (χ2n) is 4.36. The second-order valence-corrected chi connectivity index (χ2v) is 4.36. The molecule has 0 aromatic carbocycles. The number of nitrogens with zero attached hydrogens (tertiary/aromatic N) is 3. The lowest BCUT2D eigenvalue weighted by molar-refractivity contribution is 0.199. The molecule has 0 aliphatic carbocycles. The summed E-state index contributed by atoms with van der Waals surface area (Å²) in [5.74, 6) is 0. The smallest absolute Gasteiger partial charge is 0.0948 e. The fraction of sp³-hybridized carbons (Fsp3) is 0.429. The van der Waals surface area contributed by atoms with Crippen LogP contribution in [0.3, 0.4) is 0 Å². The number of rotatable bonds is 8. The molecule has 0 unspecified atom stereocenters. The van der Waals surface area contributed by atoms with Crippen LogP contribution in [0, 0.1) is 0 Å². The molecule has 2 aromatic rings. The van der Waals surface area contributed by atoms with Gasteiger partial charge in [0.15, 0.2) is 0 Å². The Morgan fingerprint density at radius 3 is 3.05 bits per heavy atom. The van der Waals surface area contributed by atoms with Gasteiger partial charge in [-0.2, -0.15) is 0 Å². The molecule has 0 saturated carbocycles. The number of hydrogen-bond donors (Lipinski definition) is 1.